The second-order valence-electron chi connectivity index (χ2n) is 8.87. The number of nitrogens with one attached hydrogen (secondary N) is 2. The molecule has 2 heterocycles. The molecule has 1 aliphatic heterocycles. The molecule has 0 fully saturated rings. The largest absolute Gasteiger partial charge is 0.465 e. The normalized spacial score (nSPS) is 13.6. The number of hydrogen-bond donors (Lipinski definition) is 2. The van der Waals surface area contributed by atoms with Crippen molar-refractivity contribution >= 4 is 46.1 Å². The summed E-state index contributed by atoms with van der Waals surface area (Å²) >= 11 is 0. The monoisotopic (exact) mass is 499 g/mol. The van der Waals surface area contributed by atoms with Crippen LogP contribution in [-0.2, 0) is 14.3 Å². The molecule has 190 valence electrons. The number of ether oxygens (including phenoxy) is 1. The van der Waals surface area contributed by atoms with Gasteiger partial charge in [-0.2, -0.15) is 0 Å². The highest BCUT2D eigenvalue weighted by Gasteiger charge is 2.29. The number of carbonyl (C=O) groups excluding carboxylic acids is 3. The van der Waals surface area contributed by atoms with Crippen molar-refractivity contribution in [3.05, 3.63) is 83.7 Å². The van der Waals surface area contributed by atoms with E-state index in [1.807, 2.05) is 55.4 Å². The molecule has 0 aliphatic carbocycles. The summed E-state index contributed by atoms with van der Waals surface area (Å²) in [5, 5.41) is 6.23. The van der Waals surface area contributed by atoms with Crippen molar-refractivity contribution in [2.45, 2.75) is 6.42 Å². The fourth-order valence-corrected chi connectivity index (χ4v) is 4.01. The van der Waals surface area contributed by atoms with E-state index in [9.17, 15) is 14.4 Å². The van der Waals surface area contributed by atoms with Crippen molar-refractivity contribution in [3.63, 3.8) is 0 Å². The van der Waals surface area contributed by atoms with Gasteiger partial charge in [-0.3, -0.25) is 14.6 Å². The number of aromatic nitrogens is 1. The zero-order valence-corrected chi connectivity index (χ0v) is 21.2. The Balaban J connectivity index is 1.67. The van der Waals surface area contributed by atoms with Crippen LogP contribution in [0.15, 0.2) is 67.0 Å². The third-order valence-corrected chi connectivity index (χ3v) is 6.08. The number of carbonyl (C=O) groups is 3. The molecule has 9 nitrogen and oxygen atoms in total. The second kappa shape index (κ2) is 11.0. The van der Waals surface area contributed by atoms with Crippen LogP contribution in [0.4, 0.5) is 17.1 Å². The molecule has 2 N–H and O–H groups in total. The average Bonchev–Trinajstić information content (AvgIpc) is 3.24. The van der Waals surface area contributed by atoms with E-state index >= 15 is 0 Å². The van der Waals surface area contributed by atoms with Gasteiger partial charge in [0.25, 0.3) is 5.91 Å². The van der Waals surface area contributed by atoms with Crippen LogP contribution < -0.4 is 15.5 Å². The van der Waals surface area contributed by atoms with Crippen LogP contribution in [0, 0.1) is 0 Å². The molecule has 0 atom stereocenters. The zero-order chi connectivity index (χ0) is 26.5. The summed E-state index contributed by atoms with van der Waals surface area (Å²) in [4.78, 5) is 45.3. The minimum atomic E-state index is -0.479. The Labute approximate surface area is 215 Å². The van der Waals surface area contributed by atoms with Gasteiger partial charge in [-0.25, -0.2) is 4.79 Å². The predicted octanol–water partition coefficient (Wildman–Crippen LogP) is 3.72. The van der Waals surface area contributed by atoms with E-state index < -0.39 is 5.97 Å². The minimum Gasteiger partial charge on any atom is -0.465 e. The number of rotatable bonds is 8. The molecule has 1 aliphatic rings. The SMILES string of the molecule is COC(=O)c1ccc2c(c1)NC(=O)C2=C(Nc1ccc(N(C)C(=O)CCN(C)C)cc1)c1ccncc1. The van der Waals surface area contributed by atoms with Gasteiger partial charge in [-0.05, 0) is 62.6 Å². The summed E-state index contributed by atoms with van der Waals surface area (Å²) < 4.78 is 4.80. The molecule has 9 heteroatoms. The fourth-order valence-electron chi connectivity index (χ4n) is 4.01. The van der Waals surface area contributed by atoms with Gasteiger partial charge < -0.3 is 25.2 Å². The maximum atomic E-state index is 13.1. The molecule has 2 aromatic carbocycles. The van der Waals surface area contributed by atoms with Crippen LogP contribution >= 0.6 is 0 Å². The first-order chi connectivity index (χ1) is 17.8. The number of hydrogen-bond acceptors (Lipinski definition) is 7. The number of anilines is 3. The summed E-state index contributed by atoms with van der Waals surface area (Å²) in [7, 11) is 6.94. The summed E-state index contributed by atoms with van der Waals surface area (Å²) in [6.07, 6.45) is 3.74. The highest BCUT2D eigenvalue weighted by molar-refractivity contribution is 6.37. The van der Waals surface area contributed by atoms with Crippen LogP contribution in [0.3, 0.4) is 0 Å². The van der Waals surface area contributed by atoms with Crippen LogP contribution in [0.5, 0.6) is 0 Å². The number of esters is 1. The number of amides is 2. The Hall–Kier alpha value is -4.50. The lowest BCUT2D eigenvalue weighted by molar-refractivity contribution is -0.118. The first kappa shape index (κ1) is 25.6. The Morgan fingerprint density at radius 1 is 0.973 bits per heavy atom. The van der Waals surface area contributed by atoms with E-state index in [0.717, 1.165) is 16.9 Å². The number of fused-ring (bicyclic) bond motifs is 1. The Morgan fingerprint density at radius 2 is 1.68 bits per heavy atom. The fraction of sp³-hybridized carbons (Fsp3) is 0.214. The van der Waals surface area contributed by atoms with Crippen molar-refractivity contribution < 1.29 is 19.1 Å². The van der Waals surface area contributed by atoms with Crippen LogP contribution in [0.2, 0.25) is 0 Å². The van der Waals surface area contributed by atoms with Gasteiger partial charge in [0.1, 0.15) is 0 Å². The topological polar surface area (TPSA) is 104 Å². The summed E-state index contributed by atoms with van der Waals surface area (Å²) in [5.41, 5.74) is 4.86. The maximum Gasteiger partial charge on any atom is 0.337 e. The van der Waals surface area contributed by atoms with Crippen molar-refractivity contribution in [2.75, 3.05) is 50.3 Å². The third-order valence-electron chi connectivity index (χ3n) is 6.08. The second-order valence-corrected chi connectivity index (χ2v) is 8.87. The number of nitrogens with zero attached hydrogens (tertiary/aromatic N) is 3. The van der Waals surface area contributed by atoms with E-state index in [1.165, 1.54) is 7.11 Å². The maximum absolute atomic E-state index is 13.1. The first-order valence-corrected chi connectivity index (χ1v) is 11.8. The van der Waals surface area contributed by atoms with Crippen LogP contribution in [0.25, 0.3) is 11.3 Å². The molecule has 37 heavy (non-hydrogen) atoms. The number of benzene rings is 2. The molecule has 2 amide bonds. The Kier molecular flexibility index (Phi) is 7.64. The highest BCUT2D eigenvalue weighted by Crippen LogP contribution is 2.38. The van der Waals surface area contributed by atoms with Crippen LogP contribution in [0.1, 0.15) is 27.9 Å². The van der Waals surface area contributed by atoms with Gasteiger partial charge in [0.05, 0.1) is 29.6 Å². The zero-order valence-electron chi connectivity index (χ0n) is 21.2. The molecule has 0 unspecified atom stereocenters. The van der Waals surface area contributed by atoms with Gasteiger partial charge >= 0.3 is 5.97 Å². The first-order valence-electron chi connectivity index (χ1n) is 11.8. The number of methoxy groups -OCH3 is 1. The standard InChI is InChI=1S/C28H29N5O4/c1-32(2)16-13-24(34)33(3)21-8-6-20(7-9-21)30-26(18-11-14-29-15-12-18)25-22-10-5-19(28(36)37-4)17-23(22)31-27(25)35/h5-12,14-15,17,30H,13,16H2,1-4H3,(H,31,35). The minimum absolute atomic E-state index is 0.0274. The summed E-state index contributed by atoms with van der Waals surface area (Å²) in [6.45, 7) is 0.677. The molecule has 0 spiro atoms. The number of pyridine rings is 1. The highest BCUT2D eigenvalue weighted by atomic mass is 16.5. The van der Waals surface area contributed by atoms with E-state index in [1.54, 1.807) is 42.5 Å². The van der Waals surface area contributed by atoms with Gasteiger partial charge in [-0.1, -0.05) is 6.07 Å². The van der Waals surface area contributed by atoms with E-state index in [4.69, 9.17) is 4.74 Å². The van der Waals surface area contributed by atoms with Crippen molar-refractivity contribution in [3.8, 4) is 0 Å². The molecule has 0 saturated heterocycles. The lowest BCUT2D eigenvalue weighted by atomic mass is 9.99. The third kappa shape index (κ3) is 5.68. The molecular weight excluding hydrogens is 470 g/mol. The summed E-state index contributed by atoms with van der Waals surface area (Å²) in [6, 6.07) is 16.0. The molecule has 0 bridgehead atoms. The Morgan fingerprint density at radius 3 is 2.32 bits per heavy atom. The van der Waals surface area contributed by atoms with E-state index in [0.29, 0.717) is 41.1 Å². The van der Waals surface area contributed by atoms with Crippen molar-refractivity contribution in [1.29, 1.82) is 0 Å². The quantitative estimate of drug-likeness (QED) is 0.360. The molecule has 0 saturated carbocycles. The Bertz CT molecular complexity index is 1350. The van der Waals surface area contributed by atoms with Crippen molar-refractivity contribution in [1.82, 2.24) is 9.88 Å². The lowest BCUT2D eigenvalue weighted by Crippen LogP contribution is -2.29. The average molecular weight is 500 g/mol. The van der Waals surface area contributed by atoms with E-state index in [2.05, 4.69) is 15.6 Å². The van der Waals surface area contributed by atoms with Gasteiger partial charge in [0.15, 0.2) is 0 Å². The van der Waals surface area contributed by atoms with E-state index in [-0.39, 0.29) is 11.8 Å². The molecule has 4 rings (SSSR count). The smallest absolute Gasteiger partial charge is 0.337 e. The molecule has 1 aromatic heterocycles. The van der Waals surface area contributed by atoms with Gasteiger partial charge in [-0.15, -0.1) is 0 Å². The molecule has 0 radical (unpaired) electrons. The van der Waals surface area contributed by atoms with Crippen LogP contribution in [-0.4, -0.2) is 62.5 Å². The summed E-state index contributed by atoms with van der Waals surface area (Å²) in [5.74, 6) is -0.744. The van der Waals surface area contributed by atoms with Crippen molar-refractivity contribution in [2.24, 2.45) is 0 Å². The molecule has 3 aromatic rings. The predicted molar refractivity (Wildman–Crippen MR) is 144 cm³/mol. The molecular formula is C28H29N5O4. The lowest BCUT2D eigenvalue weighted by Gasteiger charge is -2.20. The van der Waals surface area contributed by atoms with Gasteiger partial charge in [0.2, 0.25) is 5.91 Å². The van der Waals surface area contributed by atoms with Gasteiger partial charge in [0, 0.05) is 54.9 Å².